The molecule has 43 heavy (non-hydrogen) atoms. The van der Waals surface area contributed by atoms with Crippen LogP contribution < -0.4 is 0 Å². The van der Waals surface area contributed by atoms with Gasteiger partial charge in [0, 0.05) is 30.5 Å². The second-order valence-corrected chi connectivity index (χ2v) is 13.1. The van der Waals surface area contributed by atoms with E-state index in [9.17, 15) is 58.5 Å². The van der Waals surface area contributed by atoms with E-state index in [1.165, 1.54) is 0 Å². The Balaban J connectivity index is 1.78. The maximum absolute atomic E-state index is 15.1. The van der Waals surface area contributed by atoms with Crippen molar-refractivity contribution in [2.45, 2.75) is 66.1 Å². The summed E-state index contributed by atoms with van der Waals surface area (Å²) in [5.41, 5.74) is -9.16. The first-order valence-corrected chi connectivity index (χ1v) is 14.5. The Morgan fingerprint density at radius 2 is 1.44 bits per heavy atom. The van der Waals surface area contributed by atoms with Crippen LogP contribution in [0, 0.1) is 23.5 Å². The molecule has 2 aliphatic rings. The molecule has 1 aliphatic carbocycles. The van der Waals surface area contributed by atoms with Crippen LogP contribution in [0.25, 0.3) is 0 Å². The summed E-state index contributed by atoms with van der Waals surface area (Å²) in [6.45, 7) is -0.949. The van der Waals surface area contributed by atoms with E-state index in [1.807, 2.05) is 0 Å². The largest absolute Gasteiger partial charge is 0.436 e. The van der Waals surface area contributed by atoms with E-state index in [2.05, 4.69) is 0 Å². The number of carbonyl (C=O) groups excluding carboxylic acids is 1. The van der Waals surface area contributed by atoms with Crippen LogP contribution >= 0.6 is 0 Å². The predicted molar refractivity (Wildman–Crippen MR) is 131 cm³/mol. The lowest BCUT2D eigenvalue weighted by molar-refractivity contribution is -0.349. The Morgan fingerprint density at radius 1 is 0.884 bits per heavy atom. The highest BCUT2D eigenvalue weighted by Crippen LogP contribution is 2.54. The van der Waals surface area contributed by atoms with Crippen molar-refractivity contribution < 1.29 is 62.9 Å². The fraction of sp³-hybridized carbons (Fsp3) is 0.519. The first-order valence-electron chi connectivity index (χ1n) is 13.0. The smallest absolute Gasteiger partial charge is 0.368 e. The van der Waals surface area contributed by atoms with Gasteiger partial charge in [0.2, 0.25) is 5.91 Å². The summed E-state index contributed by atoms with van der Waals surface area (Å²) in [5.74, 6) is -4.79. The summed E-state index contributed by atoms with van der Waals surface area (Å²) in [6, 6.07) is 3.74. The molecule has 238 valence electrons. The van der Waals surface area contributed by atoms with Crippen LogP contribution in [0.1, 0.15) is 43.2 Å². The number of halogens is 9. The third-order valence-corrected chi connectivity index (χ3v) is 10.9. The van der Waals surface area contributed by atoms with Crippen LogP contribution in [0.3, 0.4) is 0 Å². The van der Waals surface area contributed by atoms with E-state index in [0.717, 1.165) is 29.2 Å². The zero-order valence-corrected chi connectivity index (χ0v) is 22.9. The minimum atomic E-state index is -6.62. The molecule has 1 heterocycles. The Kier molecular flexibility index (Phi) is 8.65. The van der Waals surface area contributed by atoms with Crippen LogP contribution in [0.2, 0.25) is 0 Å². The first-order chi connectivity index (χ1) is 19.8. The number of sulfone groups is 1. The lowest BCUT2D eigenvalue weighted by Gasteiger charge is -2.34. The highest BCUT2D eigenvalue weighted by atomic mass is 32.2. The normalized spacial score (nSPS) is 24.0. The third kappa shape index (κ3) is 5.61. The van der Waals surface area contributed by atoms with Gasteiger partial charge in [0.25, 0.3) is 0 Å². The maximum atomic E-state index is 15.1. The molecule has 0 aromatic heterocycles. The number of aliphatic hydroxyl groups is 2. The molecule has 0 spiro atoms. The van der Waals surface area contributed by atoms with Crippen LogP contribution in [0.5, 0.6) is 0 Å². The molecule has 1 saturated carbocycles. The van der Waals surface area contributed by atoms with Gasteiger partial charge >= 0.3 is 18.0 Å². The van der Waals surface area contributed by atoms with Crippen molar-refractivity contribution in [3.63, 3.8) is 0 Å². The zero-order chi connectivity index (χ0) is 32.2. The molecule has 1 amide bonds. The average Bonchev–Trinajstić information content (AvgIpc) is 3.39. The van der Waals surface area contributed by atoms with Gasteiger partial charge in [-0.25, -0.2) is 21.6 Å². The van der Waals surface area contributed by atoms with E-state index in [1.54, 1.807) is 0 Å². The molecule has 2 aromatic carbocycles. The molecule has 4 rings (SSSR count). The summed E-state index contributed by atoms with van der Waals surface area (Å²) in [4.78, 5) is 14.0. The van der Waals surface area contributed by atoms with Gasteiger partial charge in [0.05, 0.1) is 4.90 Å². The summed E-state index contributed by atoms with van der Waals surface area (Å²) < 4.78 is 149. The van der Waals surface area contributed by atoms with Crippen LogP contribution in [-0.4, -0.2) is 61.2 Å². The molecule has 2 aromatic rings. The van der Waals surface area contributed by atoms with Crippen molar-refractivity contribution in [3.05, 3.63) is 65.2 Å². The molecule has 1 atom stereocenters. The highest BCUT2D eigenvalue weighted by Gasteiger charge is 2.74. The number of alkyl halides is 7. The van der Waals surface area contributed by atoms with E-state index in [4.69, 9.17) is 0 Å². The van der Waals surface area contributed by atoms with Crippen molar-refractivity contribution in [2.75, 3.05) is 13.1 Å². The summed E-state index contributed by atoms with van der Waals surface area (Å²) in [6.07, 6.45) is -14.3. The summed E-state index contributed by atoms with van der Waals surface area (Å²) in [5, 5.41) is 18.8. The Bertz CT molecular complexity index is 1440. The van der Waals surface area contributed by atoms with Crippen molar-refractivity contribution in [1.29, 1.82) is 0 Å². The molecular formula is C27H26F9NO5S. The van der Waals surface area contributed by atoms with Gasteiger partial charge in [-0.15, -0.1) is 0 Å². The van der Waals surface area contributed by atoms with E-state index < -0.39 is 97.3 Å². The number of carbonyl (C=O) groups is 1. The number of likely N-dealkylation sites (tertiary alicyclic amines) is 1. The predicted octanol–water partition coefficient (Wildman–Crippen LogP) is 5.27. The standard InChI is InChI=1S/C27H26F9NO5S/c28-18-6-8-19(9-7-18)43(41,42)24(11-12-37(14-24)22(38)15-1-3-16(4-2-15)23(39)40)17-5-10-20(21(29)13-17)25(30,26(31,32)33)27(34,35)36/h5-10,13,15-16,23,39-40H,1-4,11-12,14H2/t15-,16-,24-/m0/s1. The molecule has 1 aliphatic heterocycles. The van der Waals surface area contributed by atoms with E-state index in [-0.39, 0.29) is 44.4 Å². The van der Waals surface area contributed by atoms with Gasteiger partial charge < -0.3 is 15.1 Å². The number of hydrogen-bond donors (Lipinski definition) is 2. The maximum Gasteiger partial charge on any atom is 0.436 e. The topological polar surface area (TPSA) is 94.9 Å². The molecule has 0 bridgehead atoms. The zero-order valence-electron chi connectivity index (χ0n) is 22.1. The molecule has 0 unspecified atom stereocenters. The average molecular weight is 648 g/mol. The molecule has 0 radical (unpaired) electrons. The fourth-order valence-corrected chi connectivity index (χ4v) is 7.95. The van der Waals surface area contributed by atoms with Gasteiger partial charge in [-0.2, -0.15) is 26.3 Å². The summed E-state index contributed by atoms with van der Waals surface area (Å²) >= 11 is 0. The second kappa shape index (κ2) is 11.3. The van der Waals surface area contributed by atoms with Gasteiger partial charge in [-0.05, 0) is 68.0 Å². The van der Waals surface area contributed by atoms with Gasteiger partial charge in [0.15, 0.2) is 16.1 Å². The Hall–Kier alpha value is -2.85. The molecular weight excluding hydrogens is 621 g/mol. The third-order valence-electron chi connectivity index (χ3n) is 8.37. The number of hydrogen-bond acceptors (Lipinski definition) is 5. The van der Waals surface area contributed by atoms with Crippen molar-refractivity contribution in [1.82, 2.24) is 4.90 Å². The lowest BCUT2D eigenvalue weighted by atomic mass is 9.81. The van der Waals surface area contributed by atoms with Gasteiger partial charge in [0.1, 0.15) is 16.4 Å². The SMILES string of the molecule is O=C([C@H]1CC[C@H](C(O)O)CC1)N1CC[C@](c2ccc(C(F)(C(F)(F)F)C(F)(F)F)c(F)c2)(S(=O)(=O)c2ccc(F)cc2)C1. The van der Waals surface area contributed by atoms with Crippen LogP contribution in [-0.2, 0) is 25.0 Å². The van der Waals surface area contributed by atoms with E-state index in [0.29, 0.717) is 6.07 Å². The van der Waals surface area contributed by atoms with Crippen molar-refractivity contribution in [3.8, 4) is 0 Å². The minimum Gasteiger partial charge on any atom is -0.368 e. The monoisotopic (exact) mass is 647 g/mol. The summed E-state index contributed by atoms with van der Waals surface area (Å²) in [7, 11) is -4.74. The van der Waals surface area contributed by atoms with Crippen LogP contribution in [0.4, 0.5) is 39.5 Å². The number of nitrogens with zero attached hydrogens (tertiary/aromatic N) is 1. The fourth-order valence-electron chi connectivity index (χ4n) is 5.89. The highest BCUT2D eigenvalue weighted by molar-refractivity contribution is 7.92. The van der Waals surface area contributed by atoms with Gasteiger partial charge in [-0.3, -0.25) is 4.79 Å². The molecule has 16 heteroatoms. The molecule has 2 fully saturated rings. The lowest BCUT2D eigenvalue weighted by Crippen LogP contribution is -2.51. The number of aliphatic hydroxyl groups excluding tert-OH is 1. The van der Waals surface area contributed by atoms with Gasteiger partial charge in [-0.1, -0.05) is 12.1 Å². The number of benzene rings is 2. The van der Waals surface area contributed by atoms with Crippen molar-refractivity contribution >= 4 is 15.7 Å². The minimum absolute atomic E-state index is 0.0873. The number of rotatable bonds is 6. The Morgan fingerprint density at radius 3 is 1.93 bits per heavy atom. The van der Waals surface area contributed by atoms with Crippen molar-refractivity contribution in [2.24, 2.45) is 11.8 Å². The Labute approximate surface area is 240 Å². The quantitative estimate of drug-likeness (QED) is 0.253. The molecule has 2 N–H and O–H groups in total. The van der Waals surface area contributed by atoms with Crippen LogP contribution in [0.15, 0.2) is 47.4 Å². The molecule has 6 nitrogen and oxygen atoms in total. The number of amides is 1. The molecule has 1 saturated heterocycles. The second-order valence-electron chi connectivity index (χ2n) is 10.8. The van der Waals surface area contributed by atoms with E-state index >= 15 is 4.39 Å². The first kappa shape index (κ1) is 33.1.